The molecule has 1 aliphatic rings. The third-order valence-electron chi connectivity index (χ3n) is 5.11. The topological polar surface area (TPSA) is 89.8 Å². The molecule has 0 aliphatic carbocycles. The van der Waals surface area contributed by atoms with E-state index in [-0.39, 0.29) is 12.1 Å². The van der Waals surface area contributed by atoms with Crippen LogP contribution in [0.5, 0.6) is 0 Å². The van der Waals surface area contributed by atoms with Gasteiger partial charge in [0.15, 0.2) is 0 Å². The Labute approximate surface area is 179 Å². The van der Waals surface area contributed by atoms with E-state index >= 15 is 0 Å². The summed E-state index contributed by atoms with van der Waals surface area (Å²) in [7, 11) is 5.53. The highest BCUT2D eigenvalue weighted by atomic mass is 16.2. The number of carbonyl (C=O) groups excluding carboxylic acids is 1. The van der Waals surface area contributed by atoms with E-state index in [0.29, 0.717) is 13.1 Å². The molecule has 0 fully saturated rings. The molecule has 0 saturated heterocycles. The van der Waals surface area contributed by atoms with E-state index in [1.165, 1.54) is 10.5 Å². The van der Waals surface area contributed by atoms with Crippen molar-refractivity contribution in [3.8, 4) is 11.3 Å². The van der Waals surface area contributed by atoms with Crippen molar-refractivity contribution in [2.45, 2.75) is 33.0 Å². The number of benzene rings is 1. The SMILES string of the molecule is CC(C)N1NCc2c(NC(=O)N(C)C)cc(-c3cccc(CN(C)CCN)c3)nc21. The number of rotatable bonds is 7. The molecule has 1 aromatic carbocycles. The maximum absolute atomic E-state index is 12.4. The van der Waals surface area contributed by atoms with Crippen LogP contribution >= 0.6 is 0 Å². The first-order chi connectivity index (χ1) is 14.3. The van der Waals surface area contributed by atoms with Crippen molar-refractivity contribution >= 4 is 17.5 Å². The van der Waals surface area contributed by atoms with E-state index in [4.69, 9.17) is 10.7 Å². The highest BCUT2D eigenvalue weighted by Gasteiger charge is 2.27. The Kier molecular flexibility index (Phi) is 6.91. The summed E-state index contributed by atoms with van der Waals surface area (Å²) in [6.45, 7) is 7.16. The molecule has 8 heteroatoms. The number of urea groups is 1. The summed E-state index contributed by atoms with van der Waals surface area (Å²) in [6, 6.07) is 10.4. The van der Waals surface area contributed by atoms with Crippen LogP contribution in [0.4, 0.5) is 16.3 Å². The molecule has 2 heterocycles. The van der Waals surface area contributed by atoms with Crippen molar-refractivity contribution < 1.29 is 4.79 Å². The van der Waals surface area contributed by atoms with Gasteiger partial charge in [-0.3, -0.25) is 5.01 Å². The maximum atomic E-state index is 12.4. The zero-order valence-corrected chi connectivity index (χ0v) is 18.6. The van der Waals surface area contributed by atoms with Gasteiger partial charge in [0.2, 0.25) is 0 Å². The molecule has 2 amide bonds. The zero-order valence-electron chi connectivity index (χ0n) is 18.6. The van der Waals surface area contributed by atoms with Gasteiger partial charge in [0, 0.05) is 57.4 Å². The number of likely N-dealkylation sites (N-methyl/N-ethyl adjacent to an activating group) is 1. The van der Waals surface area contributed by atoms with Gasteiger partial charge in [0.05, 0.1) is 11.4 Å². The summed E-state index contributed by atoms with van der Waals surface area (Å²) in [5, 5.41) is 5.09. The van der Waals surface area contributed by atoms with Crippen molar-refractivity contribution in [2.24, 2.45) is 5.73 Å². The van der Waals surface area contributed by atoms with Crippen LogP contribution in [-0.4, -0.2) is 61.1 Å². The fraction of sp³-hybridized carbons (Fsp3) is 0.455. The molecule has 0 unspecified atom stereocenters. The monoisotopic (exact) mass is 411 g/mol. The summed E-state index contributed by atoms with van der Waals surface area (Å²) in [4.78, 5) is 21.0. The number of carbonyl (C=O) groups is 1. The highest BCUT2D eigenvalue weighted by Crippen LogP contribution is 2.35. The third kappa shape index (κ3) is 4.89. The van der Waals surface area contributed by atoms with Crippen LogP contribution in [0.2, 0.25) is 0 Å². The van der Waals surface area contributed by atoms with Crippen molar-refractivity contribution in [1.82, 2.24) is 20.2 Å². The van der Waals surface area contributed by atoms with Gasteiger partial charge in [0.25, 0.3) is 0 Å². The molecule has 1 aliphatic heterocycles. The third-order valence-corrected chi connectivity index (χ3v) is 5.11. The molecule has 30 heavy (non-hydrogen) atoms. The number of fused-ring (bicyclic) bond motifs is 1. The molecule has 0 saturated carbocycles. The lowest BCUT2D eigenvalue weighted by Crippen LogP contribution is -2.38. The first-order valence-electron chi connectivity index (χ1n) is 10.3. The Bertz CT molecular complexity index is 897. The van der Waals surface area contributed by atoms with E-state index < -0.39 is 0 Å². The number of hydrogen-bond donors (Lipinski definition) is 3. The summed E-state index contributed by atoms with van der Waals surface area (Å²) in [5.41, 5.74) is 13.9. The second-order valence-electron chi connectivity index (χ2n) is 8.21. The van der Waals surface area contributed by atoms with Crippen molar-refractivity contribution in [3.63, 3.8) is 0 Å². The van der Waals surface area contributed by atoms with E-state index in [9.17, 15) is 4.79 Å². The average molecular weight is 412 g/mol. The van der Waals surface area contributed by atoms with Gasteiger partial charge in [-0.25, -0.2) is 15.2 Å². The number of hydrogen-bond acceptors (Lipinski definition) is 6. The second-order valence-corrected chi connectivity index (χ2v) is 8.21. The highest BCUT2D eigenvalue weighted by molar-refractivity contribution is 5.92. The molecule has 0 atom stereocenters. The van der Waals surface area contributed by atoms with Gasteiger partial charge >= 0.3 is 6.03 Å². The molecule has 2 aromatic rings. The molecule has 1 aromatic heterocycles. The Balaban J connectivity index is 2.01. The molecule has 0 spiro atoms. The van der Waals surface area contributed by atoms with E-state index in [0.717, 1.165) is 41.4 Å². The number of anilines is 2. The minimum atomic E-state index is -0.158. The Morgan fingerprint density at radius 1 is 1.30 bits per heavy atom. The van der Waals surface area contributed by atoms with Gasteiger partial charge in [-0.05, 0) is 38.6 Å². The maximum Gasteiger partial charge on any atom is 0.321 e. The number of nitrogens with one attached hydrogen (secondary N) is 2. The van der Waals surface area contributed by atoms with Crippen LogP contribution in [0.15, 0.2) is 30.3 Å². The van der Waals surface area contributed by atoms with Crippen molar-refractivity contribution in [2.75, 3.05) is 44.6 Å². The number of hydrazine groups is 1. The van der Waals surface area contributed by atoms with Gasteiger partial charge in [0.1, 0.15) is 5.82 Å². The lowest BCUT2D eigenvalue weighted by atomic mass is 10.0. The fourth-order valence-electron chi connectivity index (χ4n) is 3.52. The van der Waals surface area contributed by atoms with Gasteiger partial charge < -0.3 is 20.9 Å². The van der Waals surface area contributed by atoms with Crippen LogP contribution in [0, 0.1) is 0 Å². The molecule has 3 rings (SSSR count). The second kappa shape index (κ2) is 9.42. The predicted octanol–water partition coefficient (Wildman–Crippen LogP) is 2.47. The Morgan fingerprint density at radius 2 is 2.07 bits per heavy atom. The van der Waals surface area contributed by atoms with E-state index in [1.54, 1.807) is 14.1 Å². The van der Waals surface area contributed by atoms with Crippen molar-refractivity contribution in [3.05, 3.63) is 41.5 Å². The summed E-state index contributed by atoms with van der Waals surface area (Å²) < 4.78 is 0. The lowest BCUT2D eigenvalue weighted by Gasteiger charge is -2.23. The lowest BCUT2D eigenvalue weighted by molar-refractivity contribution is 0.230. The number of pyridine rings is 1. The smallest absolute Gasteiger partial charge is 0.321 e. The molecular formula is C22H33N7O. The van der Waals surface area contributed by atoms with Crippen LogP contribution in [0.25, 0.3) is 11.3 Å². The first-order valence-corrected chi connectivity index (χ1v) is 10.3. The summed E-state index contributed by atoms with van der Waals surface area (Å²) in [5.74, 6) is 0.863. The van der Waals surface area contributed by atoms with Crippen LogP contribution < -0.4 is 21.5 Å². The number of nitrogens with two attached hydrogens (primary N) is 1. The number of nitrogens with zero attached hydrogens (tertiary/aromatic N) is 4. The minimum absolute atomic E-state index is 0.158. The predicted molar refractivity (Wildman–Crippen MR) is 122 cm³/mol. The Morgan fingerprint density at radius 3 is 2.73 bits per heavy atom. The largest absolute Gasteiger partial charge is 0.331 e. The quantitative estimate of drug-likeness (QED) is 0.649. The number of aromatic nitrogens is 1. The summed E-state index contributed by atoms with van der Waals surface area (Å²) >= 11 is 0. The van der Waals surface area contributed by atoms with Gasteiger partial charge in [-0.2, -0.15) is 0 Å². The molecule has 0 radical (unpaired) electrons. The van der Waals surface area contributed by atoms with E-state index in [1.807, 2.05) is 12.1 Å². The molecular weight excluding hydrogens is 378 g/mol. The molecule has 8 nitrogen and oxygen atoms in total. The Hall–Kier alpha value is -2.68. The molecule has 162 valence electrons. The van der Waals surface area contributed by atoms with Crippen LogP contribution in [0.1, 0.15) is 25.0 Å². The van der Waals surface area contributed by atoms with E-state index in [2.05, 4.69) is 59.7 Å². The van der Waals surface area contributed by atoms with Crippen LogP contribution in [0.3, 0.4) is 0 Å². The van der Waals surface area contributed by atoms with Gasteiger partial charge in [-0.15, -0.1) is 0 Å². The molecule has 4 N–H and O–H groups in total. The normalized spacial score (nSPS) is 13.1. The summed E-state index contributed by atoms with van der Waals surface area (Å²) in [6.07, 6.45) is 0. The van der Waals surface area contributed by atoms with Crippen molar-refractivity contribution in [1.29, 1.82) is 0 Å². The number of amides is 2. The fourth-order valence-corrected chi connectivity index (χ4v) is 3.52. The van der Waals surface area contributed by atoms with Crippen LogP contribution in [-0.2, 0) is 13.1 Å². The first kappa shape index (κ1) is 22.0. The van der Waals surface area contributed by atoms with Gasteiger partial charge in [-0.1, -0.05) is 18.2 Å². The molecule has 0 bridgehead atoms. The minimum Gasteiger partial charge on any atom is -0.331 e. The average Bonchev–Trinajstić information content (AvgIpc) is 3.12. The standard InChI is InChI=1S/C22H33N7O/c1-15(2)29-21-18(13-24-29)20(26-22(30)27(3)4)12-19(25-21)17-8-6-7-16(11-17)14-28(5)10-9-23/h6-8,11-12,15,24H,9-10,13-14,23H2,1-5H3,(H,25,26,30). The zero-order chi connectivity index (χ0) is 21.8.